The number of rotatable bonds is 5. The molecule has 2 aromatic heterocycles. The number of hydrogen-bond acceptors (Lipinski definition) is 6. The molecule has 0 spiro atoms. The van der Waals surface area contributed by atoms with E-state index in [-0.39, 0.29) is 10.6 Å². The number of hydrogen-bond donors (Lipinski definition) is 2. The molecule has 0 aliphatic carbocycles. The maximum Gasteiger partial charge on any atom is 0.355 e. The summed E-state index contributed by atoms with van der Waals surface area (Å²) in [6.07, 6.45) is 2.70. The van der Waals surface area contributed by atoms with Crippen LogP contribution in [0.4, 0.5) is 0 Å². The van der Waals surface area contributed by atoms with Crippen molar-refractivity contribution in [3.05, 3.63) is 39.0 Å². The van der Waals surface area contributed by atoms with Crippen LogP contribution in [0, 0.1) is 0 Å². The summed E-state index contributed by atoms with van der Waals surface area (Å²) in [5, 5.41) is 10.6. The van der Waals surface area contributed by atoms with E-state index in [9.17, 15) is 13.2 Å². The zero-order chi connectivity index (χ0) is 15.6. The van der Waals surface area contributed by atoms with Crippen molar-refractivity contribution < 1.29 is 18.3 Å². The van der Waals surface area contributed by atoms with E-state index in [4.69, 9.17) is 5.11 Å². The molecule has 0 fully saturated rings. The first-order valence-corrected chi connectivity index (χ1v) is 8.77. The maximum atomic E-state index is 12.2. The number of pyridine rings is 1. The molecule has 0 amide bonds. The molecule has 0 radical (unpaired) electrons. The smallest absolute Gasteiger partial charge is 0.355 e. The minimum absolute atomic E-state index is 0.0127. The van der Waals surface area contributed by atoms with E-state index < -0.39 is 22.0 Å². The summed E-state index contributed by atoms with van der Waals surface area (Å²) < 4.78 is 27.4. The van der Waals surface area contributed by atoms with Crippen LogP contribution >= 0.6 is 27.3 Å². The maximum absolute atomic E-state index is 12.2. The Kier molecular flexibility index (Phi) is 4.71. The molecule has 21 heavy (non-hydrogen) atoms. The Morgan fingerprint density at radius 1 is 1.48 bits per heavy atom. The second-order valence-electron chi connectivity index (χ2n) is 4.06. The summed E-state index contributed by atoms with van der Waals surface area (Å²) in [6.45, 7) is 1.59. The topological polar surface area (TPSA) is 109 Å². The zero-order valence-electron chi connectivity index (χ0n) is 10.6. The molecule has 2 heterocycles. The second-order valence-corrected chi connectivity index (χ2v) is 7.58. The van der Waals surface area contributed by atoms with Crippen molar-refractivity contribution in [1.29, 1.82) is 0 Å². The van der Waals surface area contributed by atoms with Crippen LogP contribution in [0.15, 0.2) is 33.2 Å². The van der Waals surface area contributed by atoms with Crippen LogP contribution in [0.25, 0.3) is 0 Å². The lowest BCUT2D eigenvalue weighted by Crippen LogP contribution is -2.27. The van der Waals surface area contributed by atoms with Crippen molar-refractivity contribution in [1.82, 2.24) is 14.7 Å². The molecule has 0 saturated carbocycles. The lowest BCUT2D eigenvalue weighted by molar-refractivity contribution is 0.0691. The van der Waals surface area contributed by atoms with E-state index in [0.29, 0.717) is 9.48 Å². The minimum Gasteiger partial charge on any atom is -0.476 e. The van der Waals surface area contributed by atoms with E-state index in [1.54, 1.807) is 6.92 Å². The number of carboxylic acids is 1. The van der Waals surface area contributed by atoms with Crippen LogP contribution in [0.3, 0.4) is 0 Å². The molecule has 0 aliphatic rings. The third-order valence-corrected chi connectivity index (χ3v) is 5.40. The van der Waals surface area contributed by atoms with Gasteiger partial charge in [0.2, 0.25) is 10.0 Å². The standard InChI is InChI=1S/C11H10BrN3O4S2/c1-6(10-14-9(5-20-10)11(16)17)15-21(18,19)8-2-7(12)3-13-4-8/h2-6,15H,1H3,(H,16,17). The van der Waals surface area contributed by atoms with Crippen LogP contribution in [-0.2, 0) is 10.0 Å². The summed E-state index contributed by atoms with van der Waals surface area (Å²) in [4.78, 5) is 18.5. The number of carbonyl (C=O) groups is 1. The molecule has 1 atom stereocenters. The van der Waals surface area contributed by atoms with Gasteiger partial charge in [0.15, 0.2) is 5.69 Å². The number of halogens is 1. The highest BCUT2D eigenvalue weighted by Gasteiger charge is 2.21. The van der Waals surface area contributed by atoms with Crippen LogP contribution in [0.5, 0.6) is 0 Å². The Labute approximate surface area is 133 Å². The van der Waals surface area contributed by atoms with Crippen molar-refractivity contribution in [2.75, 3.05) is 0 Å². The fourth-order valence-corrected chi connectivity index (χ4v) is 4.06. The minimum atomic E-state index is -3.76. The third-order valence-electron chi connectivity index (χ3n) is 2.43. The third kappa shape index (κ3) is 3.84. The Hall–Kier alpha value is -1.36. The molecule has 112 valence electrons. The van der Waals surface area contributed by atoms with Crippen molar-refractivity contribution in [2.24, 2.45) is 0 Å². The SMILES string of the molecule is CC(NS(=O)(=O)c1cncc(Br)c1)c1nc(C(=O)O)cs1. The van der Waals surface area contributed by atoms with Gasteiger partial charge in [-0.25, -0.2) is 22.9 Å². The van der Waals surface area contributed by atoms with Gasteiger partial charge in [0.1, 0.15) is 9.90 Å². The van der Waals surface area contributed by atoms with Gasteiger partial charge in [-0.3, -0.25) is 4.98 Å². The molecular weight excluding hydrogens is 382 g/mol. The van der Waals surface area contributed by atoms with Gasteiger partial charge < -0.3 is 5.11 Å². The van der Waals surface area contributed by atoms with Gasteiger partial charge in [-0.15, -0.1) is 11.3 Å². The molecule has 2 N–H and O–H groups in total. The second kappa shape index (κ2) is 6.18. The molecule has 2 rings (SSSR count). The van der Waals surface area contributed by atoms with Gasteiger partial charge in [-0.2, -0.15) is 0 Å². The summed E-state index contributed by atoms with van der Waals surface area (Å²) in [5.41, 5.74) is -0.106. The average molecular weight is 392 g/mol. The lowest BCUT2D eigenvalue weighted by Gasteiger charge is -2.11. The first kappa shape index (κ1) is 16.0. The van der Waals surface area contributed by atoms with E-state index in [2.05, 4.69) is 30.6 Å². The number of carboxylic acid groups (broad SMARTS) is 1. The summed E-state index contributed by atoms with van der Waals surface area (Å²) in [6, 6.07) is 0.777. The highest BCUT2D eigenvalue weighted by atomic mass is 79.9. The predicted molar refractivity (Wildman–Crippen MR) is 79.7 cm³/mol. The number of nitrogens with one attached hydrogen (secondary N) is 1. The van der Waals surface area contributed by atoms with Crippen molar-refractivity contribution in [3.63, 3.8) is 0 Å². The molecular formula is C11H10BrN3O4S2. The van der Waals surface area contributed by atoms with E-state index in [1.165, 1.54) is 23.8 Å². The van der Waals surface area contributed by atoms with Gasteiger partial charge in [0.05, 0.1) is 6.04 Å². The van der Waals surface area contributed by atoms with Crippen LogP contribution in [0.2, 0.25) is 0 Å². The molecule has 0 aromatic carbocycles. The van der Waals surface area contributed by atoms with E-state index in [1.807, 2.05) is 0 Å². The highest BCUT2D eigenvalue weighted by molar-refractivity contribution is 9.10. The fourth-order valence-electron chi connectivity index (χ4n) is 1.48. The summed E-state index contributed by atoms with van der Waals surface area (Å²) in [7, 11) is -3.76. The number of aromatic carboxylic acids is 1. The van der Waals surface area contributed by atoms with E-state index in [0.717, 1.165) is 11.3 Å². The number of thiazole rings is 1. The Balaban J connectivity index is 2.21. The molecule has 0 aliphatic heterocycles. The van der Waals surface area contributed by atoms with E-state index >= 15 is 0 Å². The zero-order valence-corrected chi connectivity index (χ0v) is 13.9. The van der Waals surface area contributed by atoms with Gasteiger partial charge in [-0.05, 0) is 28.9 Å². The Morgan fingerprint density at radius 3 is 2.76 bits per heavy atom. The molecule has 0 bridgehead atoms. The summed E-state index contributed by atoms with van der Waals surface area (Å²) in [5.74, 6) is -1.15. The van der Waals surface area contributed by atoms with Crippen molar-refractivity contribution in [3.8, 4) is 0 Å². The normalized spacial score (nSPS) is 13.0. The molecule has 10 heteroatoms. The Bertz CT molecular complexity index is 775. The number of aromatic nitrogens is 2. The van der Waals surface area contributed by atoms with Gasteiger partial charge in [0, 0.05) is 22.2 Å². The van der Waals surface area contributed by atoms with Crippen LogP contribution in [-0.4, -0.2) is 29.5 Å². The first-order chi connectivity index (χ1) is 9.79. The monoisotopic (exact) mass is 391 g/mol. The molecule has 1 unspecified atom stereocenters. The Morgan fingerprint density at radius 2 is 2.19 bits per heavy atom. The van der Waals surface area contributed by atoms with Gasteiger partial charge >= 0.3 is 5.97 Å². The van der Waals surface area contributed by atoms with Crippen molar-refractivity contribution in [2.45, 2.75) is 17.9 Å². The average Bonchev–Trinajstić information content (AvgIpc) is 2.88. The molecule has 7 nitrogen and oxygen atoms in total. The largest absolute Gasteiger partial charge is 0.476 e. The molecule has 0 saturated heterocycles. The number of nitrogens with zero attached hydrogens (tertiary/aromatic N) is 2. The first-order valence-electron chi connectivity index (χ1n) is 5.61. The van der Waals surface area contributed by atoms with Gasteiger partial charge in [-0.1, -0.05) is 0 Å². The van der Waals surface area contributed by atoms with Crippen molar-refractivity contribution >= 4 is 43.3 Å². The quantitative estimate of drug-likeness (QED) is 0.806. The van der Waals surface area contributed by atoms with Crippen LogP contribution in [0.1, 0.15) is 28.5 Å². The molecule has 2 aromatic rings. The van der Waals surface area contributed by atoms with Crippen LogP contribution < -0.4 is 4.72 Å². The highest BCUT2D eigenvalue weighted by Crippen LogP contribution is 2.21. The van der Waals surface area contributed by atoms with Gasteiger partial charge in [0.25, 0.3) is 0 Å². The summed E-state index contributed by atoms with van der Waals surface area (Å²) >= 11 is 4.24. The number of sulfonamides is 1. The fraction of sp³-hybridized carbons (Fsp3) is 0.182. The predicted octanol–water partition coefficient (Wildman–Crippen LogP) is 2.04. The lowest BCUT2D eigenvalue weighted by atomic mass is 10.4.